The molecule has 1 aliphatic heterocycles. The third-order valence-corrected chi connectivity index (χ3v) is 7.35. The van der Waals surface area contributed by atoms with Gasteiger partial charge in [-0.2, -0.15) is 0 Å². The van der Waals surface area contributed by atoms with Gasteiger partial charge >= 0.3 is 0 Å². The zero-order chi connectivity index (χ0) is 20.7. The molecule has 3 aromatic rings. The minimum atomic E-state index is -0.151. The Balaban J connectivity index is 1.63. The maximum Gasteiger partial charge on any atom is 0.127 e. The number of rotatable bonds is 5. The van der Waals surface area contributed by atoms with Crippen molar-refractivity contribution in [3.8, 4) is 0 Å². The Labute approximate surface area is 178 Å². The van der Waals surface area contributed by atoms with E-state index in [0.717, 1.165) is 36.0 Å². The third-order valence-electron chi connectivity index (χ3n) is 7.35. The van der Waals surface area contributed by atoms with Gasteiger partial charge in [-0.05, 0) is 50.3 Å². The lowest BCUT2D eigenvalue weighted by molar-refractivity contribution is -0.109. The van der Waals surface area contributed by atoms with E-state index >= 15 is 0 Å². The molecule has 156 valence electrons. The highest BCUT2D eigenvalue weighted by Crippen LogP contribution is 2.39. The van der Waals surface area contributed by atoms with Crippen LogP contribution in [0.1, 0.15) is 67.9 Å². The van der Waals surface area contributed by atoms with Crippen LogP contribution < -0.4 is 4.90 Å². The highest BCUT2D eigenvalue weighted by Gasteiger charge is 2.28. The first kappa shape index (κ1) is 19.3. The Morgan fingerprint density at radius 2 is 1.87 bits per heavy atom. The molecule has 4 heteroatoms. The fourth-order valence-electron chi connectivity index (χ4n) is 5.47. The number of benzene rings is 2. The Kier molecular flexibility index (Phi) is 5.10. The molecule has 1 saturated carbocycles. The molecule has 5 rings (SSSR count). The lowest BCUT2D eigenvalue weighted by atomic mass is 9.96. The Hall–Kier alpha value is -2.62. The van der Waals surface area contributed by atoms with E-state index in [0.29, 0.717) is 18.5 Å². The van der Waals surface area contributed by atoms with Crippen molar-refractivity contribution in [3.05, 3.63) is 59.4 Å². The molecule has 1 aliphatic carbocycles. The number of aryl methyl sites for hydroxylation is 1. The number of hydrogen-bond acceptors (Lipinski definition) is 3. The molecule has 1 fully saturated rings. The van der Waals surface area contributed by atoms with Crippen LogP contribution in [0.3, 0.4) is 0 Å². The van der Waals surface area contributed by atoms with Crippen molar-refractivity contribution >= 4 is 23.0 Å². The van der Waals surface area contributed by atoms with Crippen LogP contribution in [0.4, 0.5) is 5.69 Å². The second-order valence-electron chi connectivity index (χ2n) is 9.12. The van der Waals surface area contributed by atoms with Gasteiger partial charge in [0.1, 0.15) is 12.1 Å². The fourth-order valence-corrected chi connectivity index (χ4v) is 5.47. The van der Waals surface area contributed by atoms with Crippen molar-refractivity contribution in [1.29, 1.82) is 0 Å². The van der Waals surface area contributed by atoms with Crippen LogP contribution in [0, 0.1) is 0 Å². The number of carbonyl (C=O) groups excluding carboxylic acids is 1. The average molecular weight is 402 g/mol. The van der Waals surface area contributed by atoms with Crippen LogP contribution in [0.15, 0.2) is 42.5 Å². The number of hydrogen-bond donors (Lipinski definition) is 0. The van der Waals surface area contributed by atoms with E-state index in [-0.39, 0.29) is 5.92 Å². The first-order chi connectivity index (χ1) is 14.7. The minimum Gasteiger partial charge on any atom is -0.372 e. The molecule has 4 nitrogen and oxygen atoms in total. The molecule has 1 aromatic heterocycles. The van der Waals surface area contributed by atoms with Crippen molar-refractivity contribution < 1.29 is 4.79 Å². The van der Waals surface area contributed by atoms with Gasteiger partial charge in [0.25, 0.3) is 0 Å². The molecular weight excluding hydrogens is 370 g/mol. The highest BCUT2D eigenvalue weighted by atomic mass is 16.1. The van der Waals surface area contributed by atoms with Crippen LogP contribution in [0.2, 0.25) is 0 Å². The predicted molar refractivity (Wildman–Crippen MR) is 122 cm³/mol. The molecule has 2 aromatic carbocycles. The van der Waals surface area contributed by atoms with Gasteiger partial charge in [0.15, 0.2) is 0 Å². The molecule has 0 bridgehead atoms. The molecule has 2 unspecified atom stereocenters. The molecule has 30 heavy (non-hydrogen) atoms. The van der Waals surface area contributed by atoms with Gasteiger partial charge in [0, 0.05) is 42.7 Å². The highest BCUT2D eigenvalue weighted by molar-refractivity contribution is 5.86. The van der Waals surface area contributed by atoms with E-state index in [9.17, 15) is 4.79 Å². The molecule has 2 aliphatic rings. The van der Waals surface area contributed by atoms with Crippen molar-refractivity contribution in [3.63, 3.8) is 0 Å². The van der Waals surface area contributed by atoms with Crippen LogP contribution >= 0.6 is 0 Å². The summed E-state index contributed by atoms with van der Waals surface area (Å²) < 4.78 is 2.49. The van der Waals surface area contributed by atoms with Gasteiger partial charge in [-0.1, -0.05) is 43.2 Å². The van der Waals surface area contributed by atoms with Crippen molar-refractivity contribution in [2.75, 3.05) is 11.9 Å². The SMILES string of the molecule is CC1CCc2c(ccc3c2nc(CC(C=O)c2ccccc2)n3C2CCCC2)N1C. The summed E-state index contributed by atoms with van der Waals surface area (Å²) in [5.41, 5.74) is 6.20. The minimum absolute atomic E-state index is 0.151. The van der Waals surface area contributed by atoms with Crippen LogP contribution in [-0.2, 0) is 17.6 Å². The largest absolute Gasteiger partial charge is 0.372 e. The summed E-state index contributed by atoms with van der Waals surface area (Å²) in [5, 5.41) is 0. The number of aromatic nitrogens is 2. The second-order valence-corrected chi connectivity index (χ2v) is 9.12. The van der Waals surface area contributed by atoms with Crippen LogP contribution in [0.5, 0.6) is 0 Å². The standard InChI is InChI=1S/C26H31N3O/c1-18-12-13-22-23(28(18)2)14-15-24-26(22)27-25(29(24)21-10-6-7-11-21)16-20(17-30)19-8-4-3-5-9-19/h3-5,8-9,14-15,17-18,20-21H,6-7,10-13,16H2,1-2H3. The van der Waals surface area contributed by atoms with E-state index in [1.54, 1.807) is 0 Å². The molecule has 0 spiro atoms. The lowest BCUT2D eigenvalue weighted by Gasteiger charge is -2.34. The van der Waals surface area contributed by atoms with Gasteiger partial charge < -0.3 is 14.3 Å². The van der Waals surface area contributed by atoms with Crippen LogP contribution in [-0.4, -0.2) is 28.9 Å². The van der Waals surface area contributed by atoms with Gasteiger partial charge in [-0.25, -0.2) is 4.98 Å². The quantitative estimate of drug-likeness (QED) is 0.534. The Bertz CT molecular complexity index is 1050. The number of nitrogens with zero attached hydrogens (tertiary/aromatic N) is 3. The van der Waals surface area contributed by atoms with E-state index in [1.807, 2.05) is 18.2 Å². The van der Waals surface area contributed by atoms with Gasteiger partial charge in [0.05, 0.1) is 11.0 Å². The lowest BCUT2D eigenvalue weighted by Crippen LogP contribution is -2.33. The topological polar surface area (TPSA) is 38.1 Å². The molecule has 0 radical (unpaired) electrons. The van der Waals surface area contributed by atoms with Crippen LogP contribution in [0.25, 0.3) is 11.0 Å². The normalized spacial score (nSPS) is 20.5. The van der Waals surface area contributed by atoms with Crippen molar-refractivity contribution in [2.45, 2.75) is 69.9 Å². The zero-order valence-corrected chi connectivity index (χ0v) is 18.1. The summed E-state index contributed by atoms with van der Waals surface area (Å²) in [6, 6.07) is 15.8. The Morgan fingerprint density at radius 1 is 1.10 bits per heavy atom. The Morgan fingerprint density at radius 3 is 2.60 bits per heavy atom. The summed E-state index contributed by atoms with van der Waals surface area (Å²) in [5.74, 6) is 0.925. The van der Waals surface area contributed by atoms with Crippen molar-refractivity contribution in [1.82, 2.24) is 9.55 Å². The summed E-state index contributed by atoms with van der Waals surface area (Å²) in [7, 11) is 2.20. The monoisotopic (exact) mass is 401 g/mol. The summed E-state index contributed by atoms with van der Waals surface area (Å²) >= 11 is 0. The maximum atomic E-state index is 12.0. The molecule has 2 atom stereocenters. The summed E-state index contributed by atoms with van der Waals surface area (Å²) in [6.07, 6.45) is 8.99. The van der Waals surface area contributed by atoms with Crippen molar-refractivity contribution in [2.24, 2.45) is 0 Å². The second kappa shape index (κ2) is 7.90. The van der Waals surface area contributed by atoms with E-state index in [2.05, 4.69) is 47.7 Å². The third kappa shape index (κ3) is 3.23. The summed E-state index contributed by atoms with van der Waals surface area (Å²) in [6.45, 7) is 2.30. The number of carbonyl (C=O) groups is 1. The molecule has 0 amide bonds. The van der Waals surface area contributed by atoms with E-state index in [4.69, 9.17) is 4.98 Å². The smallest absolute Gasteiger partial charge is 0.127 e. The van der Waals surface area contributed by atoms with E-state index in [1.165, 1.54) is 42.5 Å². The van der Waals surface area contributed by atoms with Gasteiger partial charge in [-0.3, -0.25) is 0 Å². The average Bonchev–Trinajstić information content (AvgIpc) is 3.42. The molecular formula is C26H31N3O. The van der Waals surface area contributed by atoms with Gasteiger partial charge in [-0.15, -0.1) is 0 Å². The number of anilines is 1. The zero-order valence-electron chi connectivity index (χ0n) is 18.1. The molecule has 0 N–H and O–H groups in total. The molecule has 0 saturated heterocycles. The maximum absolute atomic E-state index is 12.0. The number of fused-ring (bicyclic) bond motifs is 3. The predicted octanol–water partition coefficient (Wildman–Crippen LogP) is 5.45. The first-order valence-electron chi connectivity index (χ1n) is 11.4. The van der Waals surface area contributed by atoms with Gasteiger partial charge in [0.2, 0.25) is 0 Å². The first-order valence-corrected chi connectivity index (χ1v) is 11.4. The number of imidazole rings is 1. The fraction of sp³-hybridized carbons (Fsp3) is 0.462. The van der Waals surface area contributed by atoms with E-state index < -0.39 is 0 Å². The summed E-state index contributed by atoms with van der Waals surface area (Å²) in [4.78, 5) is 19.6. The molecule has 2 heterocycles. The number of aldehydes is 1.